The van der Waals surface area contributed by atoms with Crippen molar-refractivity contribution in [1.82, 2.24) is 14.8 Å². The number of benzene rings is 1. The zero-order chi connectivity index (χ0) is 21.3. The van der Waals surface area contributed by atoms with Gasteiger partial charge in [0, 0.05) is 24.4 Å². The fourth-order valence-electron chi connectivity index (χ4n) is 4.52. The minimum Gasteiger partial charge on any atom is -0.323 e. The van der Waals surface area contributed by atoms with Gasteiger partial charge in [0.15, 0.2) is 5.82 Å². The molecule has 1 aromatic heterocycles. The lowest BCUT2D eigenvalue weighted by Crippen LogP contribution is -2.39. The van der Waals surface area contributed by atoms with Crippen molar-refractivity contribution in [2.45, 2.75) is 64.1 Å². The number of rotatable bonds is 3. The number of hydrogen-bond donors (Lipinski definition) is 1. The summed E-state index contributed by atoms with van der Waals surface area (Å²) in [7, 11) is 0. The Kier molecular flexibility index (Phi) is 5.79. The smallest absolute Gasteiger partial charge is 0.323 e. The molecule has 1 aromatic carbocycles. The first-order valence-electron chi connectivity index (χ1n) is 10.4. The van der Waals surface area contributed by atoms with Crippen molar-refractivity contribution in [2.24, 2.45) is 11.8 Å². The third-order valence-corrected chi connectivity index (χ3v) is 6.12. The number of nitrogens with zero attached hydrogens (tertiary/aromatic N) is 3. The number of fused-ring (bicyclic) bond motifs is 1. The number of alkyl halides is 3. The predicted octanol–water partition coefficient (Wildman–Crippen LogP) is 5.12. The Morgan fingerprint density at radius 2 is 1.87 bits per heavy atom. The van der Waals surface area contributed by atoms with Crippen molar-refractivity contribution in [3.63, 3.8) is 0 Å². The van der Waals surface area contributed by atoms with Crippen LogP contribution in [0.25, 0.3) is 11.4 Å². The van der Waals surface area contributed by atoms with Crippen LogP contribution in [0, 0.1) is 17.7 Å². The van der Waals surface area contributed by atoms with Gasteiger partial charge >= 0.3 is 6.18 Å². The van der Waals surface area contributed by atoms with E-state index < -0.39 is 29.7 Å². The summed E-state index contributed by atoms with van der Waals surface area (Å²) < 4.78 is 56.4. The van der Waals surface area contributed by atoms with Crippen LogP contribution in [0.3, 0.4) is 0 Å². The monoisotopic (exact) mass is 424 g/mol. The predicted molar refractivity (Wildman–Crippen MR) is 103 cm³/mol. The van der Waals surface area contributed by atoms with Crippen molar-refractivity contribution >= 4 is 11.6 Å². The zero-order valence-corrected chi connectivity index (χ0v) is 16.5. The third kappa shape index (κ3) is 4.20. The van der Waals surface area contributed by atoms with Crippen molar-refractivity contribution in [2.75, 3.05) is 5.32 Å². The summed E-state index contributed by atoms with van der Waals surface area (Å²) in [6.07, 6.45) is 0.559. The van der Waals surface area contributed by atoms with Crippen LogP contribution in [0.4, 0.5) is 23.2 Å². The highest BCUT2D eigenvalue weighted by Crippen LogP contribution is 2.42. The summed E-state index contributed by atoms with van der Waals surface area (Å²) >= 11 is 0. The highest BCUT2D eigenvalue weighted by Gasteiger charge is 2.48. The Bertz CT molecular complexity index is 924. The van der Waals surface area contributed by atoms with Gasteiger partial charge in [0.25, 0.3) is 0 Å². The molecule has 0 spiro atoms. The molecule has 9 heteroatoms. The normalized spacial score (nSPS) is 22.3. The molecule has 0 bridgehead atoms. The van der Waals surface area contributed by atoms with Crippen LogP contribution < -0.4 is 5.32 Å². The van der Waals surface area contributed by atoms with E-state index >= 15 is 0 Å². The zero-order valence-electron chi connectivity index (χ0n) is 16.5. The summed E-state index contributed by atoms with van der Waals surface area (Å²) in [5.41, 5.74) is 0.443. The van der Waals surface area contributed by atoms with Gasteiger partial charge in [-0.05, 0) is 43.9 Å². The highest BCUT2D eigenvalue weighted by molar-refractivity contribution is 5.93. The molecule has 2 unspecified atom stereocenters. The first kappa shape index (κ1) is 20.8. The van der Waals surface area contributed by atoms with E-state index in [-0.39, 0.29) is 18.5 Å². The van der Waals surface area contributed by atoms with Gasteiger partial charge in [-0.1, -0.05) is 19.3 Å². The molecule has 2 atom stereocenters. The molecule has 2 aliphatic rings. The second-order valence-corrected chi connectivity index (χ2v) is 8.13. The SMILES string of the molecule is O=C(Nc1cc(-c2nnc3n2CCCCC3)ccc1F)C1CCCCC1C(F)(F)F. The molecule has 0 saturated heterocycles. The first-order chi connectivity index (χ1) is 14.3. The van der Waals surface area contributed by atoms with Crippen LogP contribution in [-0.2, 0) is 17.8 Å². The maximum Gasteiger partial charge on any atom is 0.392 e. The summed E-state index contributed by atoms with van der Waals surface area (Å²) in [6.45, 7) is 0.756. The maximum atomic E-state index is 14.4. The molecule has 1 fully saturated rings. The summed E-state index contributed by atoms with van der Waals surface area (Å²) in [5.74, 6) is -2.92. The van der Waals surface area contributed by atoms with E-state index in [4.69, 9.17) is 0 Å². The quantitative estimate of drug-likeness (QED) is 0.696. The van der Waals surface area contributed by atoms with Crippen LogP contribution in [0.1, 0.15) is 50.8 Å². The van der Waals surface area contributed by atoms with E-state index in [0.29, 0.717) is 24.2 Å². The Morgan fingerprint density at radius 3 is 2.67 bits per heavy atom. The van der Waals surface area contributed by atoms with Gasteiger partial charge in [0.05, 0.1) is 11.6 Å². The van der Waals surface area contributed by atoms with Gasteiger partial charge in [-0.2, -0.15) is 13.2 Å². The van der Waals surface area contributed by atoms with Gasteiger partial charge in [0.2, 0.25) is 5.91 Å². The van der Waals surface area contributed by atoms with Crippen LogP contribution in [0.15, 0.2) is 18.2 Å². The lowest BCUT2D eigenvalue weighted by Gasteiger charge is -2.32. The van der Waals surface area contributed by atoms with Crippen LogP contribution in [0.5, 0.6) is 0 Å². The number of aryl methyl sites for hydroxylation is 1. The first-order valence-corrected chi connectivity index (χ1v) is 10.4. The van der Waals surface area contributed by atoms with E-state index in [2.05, 4.69) is 15.5 Å². The number of carbonyl (C=O) groups is 1. The topological polar surface area (TPSA) is 59.8 Å². The van der Waals surface area contributed by atoms with Crippen LogP contribution in [0.2, 0.25) is 0 Å². The average molecular weight is 424 g/mol. The summed E-state index contributed by atoms with van der Waals surface area (Å²) in [6, 6.07) is 4.18. The minimum atomic E-state index is -4.44. The van der Waals surface area contributed by atoms with E-state index in [1.807, 2.05) is 4.57 Å². The molecule has 5 nitrogen and oxygen atoms in total. The van der Waals surface area contributed by atoms with Crippen LogP contribution in [-0.4, -0.2) is 26.8 Å². The fourth-order valence-corrected chi connectivity index (χ4v) is 4.52. The molecule has 0 radical (unpaired) electrons. The molecule has 30 heavy (non-hydrogen) atoms. The molecule has 1 amide bonds. The standard InChI is InChI=1S/C21H24F4N4O/c22-16-10-9-13(19-28-27-18-8-2-1-5-11-29(18)19)12-17(16)26-20(30)14-6-3-4-7-15(14)21(23,24)25/h9-10,12,14-15H,1-8,11H2,(H,26,30). The largest absolute Gasteiger partial charge is 0.392 e. The Balaban J connectivity index is 1.58. The van der Waals surface area contributed by atoms with Crippen molar-refractivity contribution in [3.05, 3.63) is 29.8 Å². The molecule has 1 aliphatic carbocycles. The number of nitrogens with one attached hydrogen (secondary N) is 1. The number of amides is 1. The molecular weight excluding hydrogens is 400 g/mol. The molecular formula is C21H24F4N4O. The molecule has 2 aromatic rings. The number of aromatic nitrogens is 3. The van der Waals surface area contributed by atoms with E-state index in [1.54, 1.807) is 6.07 Å². The summed E-state index contributed by atoms with van der Waals surface area (Å²) in [4.78, 5) is 12.6. The van der Waals surface area contributed by atoms with Crippen molar-refractivity contribution < 1.29 is 22.4 Å². The summed E-state index contributed by atoms with van der Waals surface area (Å²) in [5, 5.41) is 10.9. The number of anilines is 1. The van der Waals surface area contributed by atoms with Crippen LogP contribution >= 0.6 is 0 Å². The lowest BCUT2D eigenvalue weighted by atomic mass is 9.78. The molecule has 162 valence electrons. The van der Waals surface area contributed by atoms with Gasteiger partial charge < -0.3 is 9.88 Å². The Hall–Kier alpha value is -2.45. The highest BCUT2D eigenvalue weighted by atomic mass is 19.4. The molecule has 2 heterocycles. The van der Waals surface area contributed by atoms with Gasteiger partial charge in [-0.15, -0.1) is 10.2 Å². The molecule has 4 rings (SSSR count). The van der Waals surface area contributed by atoms with Gasteiger partial charge in [-0.3, -0.25) is 4.79 Å². The molecule has 1 aliphatic heterocycles. The Morgan fingerprint density at radius 1 is 1.07 bits per heavy atom. The fraction of sp³-hybridized carbons (Fsp3) is 0.571. The maximum absolute atomic E-state index is 14.4. The minimum absolute atomic E-state index is 0.0734. The second-order valence-electron chi connectivity index (χ2n) is 8.13. The van der Waals surface area contributed by atoms with E-state index in [1.165, 1.54) is 12.1 Å². The van der Waals surface area contributed by atoms with Gasteiger partial charge in [0.1, 0.15) is 11.6 Å². The lowest BCUT2D eigenvalue weighted by molar-refractivity contribution is -0.197. The second kappa shape index (κ2) is 8.35. The third-order valence-electron chi connectivity index (χ3n) is 6.12. The van der Waals surface area contributed by atoms with Crippen molar-refractivity contribution in [3.8, 4) is 11.4 Å². The van der Waals surface area contributed by atoms with Gasteiger partial charge in [-0.25, -0.2) is 4.39 Å². The number of carbonyl (C=O) groups excluding carboxylic acids is 1. The van der Waals surface area contributed by atoms with Crippen molar-refractivity contribution in [1.29, 1.82) is 0 Å². The molecule has 1 N–H and O–H groups in total. The van der Waals surface area contributed by atoms with E-state index in [0.717, 1.165) is 38.1 Å². The molecule has 1 saturated carbocycles. The number of hydrogen-bond acceptors (Lipinski definition) is 3. The average Bonchev–Trinajstić information content (AvgIpc) is 2.97. The Labute approximate surface area is 171 Å². The van der Waals surface area contributed by atoms with E-state index in [9.17, 15) is 22.4 Å². The number of halogens is 4.